The normalized spacial score (nSPS) is 10.5. The molecule has 0 aliphatic carbocycles. The molecule has 0 aliphatic rings. The van der Waals surface area contributed by atoms with Crippen LogP contribution < -0.4 is 5.73 Å². The first-order chi connectivity index (χ1) is 11.6. The fourth-order valence-corrected chi connectivity index (χ4v) is 2.21. The summed E-state index contributed by atoms with van der Waals surface area (Å²) >= 11 is 0. The third-order valence-corrected chi connectivity index (χ3v) is 3.50. The number of hydrogen-bond acceptors (Lipinski definition) is 6. The lowest BCUT2D eigenvalue weighted by atomic mass is 9.98. The van der Waals surface area contributed by atoms with E-state index in [1.807, 2.05) is 0 Å². The topological polar surface area (TPSA) is 100 Å². The van der Waals surface area contributed by atoms with Crippen molar-refractivity contribution in [2.45, 2.75) is 12.8 Å². The Kier molecular flexibility index (Phi) is 13.1. The van der Waals surface area contributed by atoms with Crippen LogP contribution in [0, 0.1) is 0 Å². The highest BCUT2D eigenvalue weighted by molar-refractivity contribution is 5.94. The molecule has 0 aromatic heterocycles. The van der Waals surface area contributed by atoms with E-state index in [9.17, 15) is 9.90 Å². The SMILES string of the molecule is COCCOCCc1cc(N)c(C(=O)O)cc1CCOCCOC.Cl. The lowest BCUT2D eigenvalue weighted by molar-refractivity contribution is 0.0693. The second-order valence-corrected chi connectivity index (χ2v) is 5.22. The summed E-state index contributed by atoms with van der Waals surface area (Å²) in [6.07, 6.45) is 1.26. The minimum Gasteiger partial charge on any atom is -0.478 e. The van der Waals surface area contributed by atoms with Crippen molar-refractivity contribution < 1.29 is 28.8 Å². The van der Waals surface area contributed by atoms with Crippen molar-refractivity contribution >= 4 is 24.1 Å². The van der Waals surface area contributed by atoms with E-state index in [0.29, 0.717) is 52.5 Å². The number of hydrogen-bond donors (Lipinski definition) is 2. The largest absolute Gasteiger partial charge is 0.478 e. The lowest BCUT2D eigenvalue weighted by Crippen LogP contribution is -2.11. The van der Waals surface area contributed by atoms with Gasteiger partial charge in [0.1, 0.15) is 0 Å². The molecule has 1 rings (SSSR count). The van der Waals surface area contributed by atoms with E-state index in [1.54, 1.807) is 26.4 Å². The van der Waals surface area contributed by atoms with Gasteiger partial charge in [-0.3, -0.25) is 0 Å². The van der Waals surface area contributed by atoms with Gasteiger partial charge in [0.25, 0.3) is 0 Å². The number of ether oxygens (including phenoxy) is 4. The van der Waals surface area contributed by atoms with Crippen LogP contribution in [0.25, 0.3) is 0 Å². The average molecular weight is 378 g/mol. The molecule has 0 saturated heterocycles. The number of rotatable bonds is 13. The molecule has 0 spiro atoms. The van der Waals surface area contributed by atoms with Crippen molar-refractivity contribution in [2.24, 2.45) is 0 Å². The smallest absolute Gasteiger partial charge is 0.337 e. The predicted octanol–water partition coefficient (Wildman–Crippen LogP) is 1.80. The molecule has 0 heterocycles. The molecule has 25 heavy (non-hydrogen) atoms. The number of anilines is 1. The van der Waals surface area contributed by atoms with Gasteiger partial charge in [0.2, 0.25) is 0 Å². The van der Waals surface area contributed by atoms with Gasteiger partial charge in [-0.15, -0.1) is 12.4 Å². The zero-order valence-electron chi connectivity index (χ0n) is 14.8. The van der Waals surface area contributed by atoms with Crippen LogP contribution in [0.2, 0.25) is 0 Å². The summed E-state index contributed by atoms with van der Waals surface area (Å²) in [6, 6.07) is 3.34. The van der Waals surface area contributed by atoms with E-state index >= 15 is 0 Å². The van der Waals surface area contributed by atoms with Gasteiger partial charge in [0.15, 0.2) is 0 Å². The summed E-state index contributed by atoms with van der Waals surface area (Å²) in [5.74, 6) is -1.03. The molecule has 1 aromatic rings. The molecule has 0 saturated carbocycles. The van der Waals surface area contributed by atoms with Gasteiger partial charge in [0, 0.05) is 19.9 Å². The fraction of sp³-hybridized carbons (Fsp3) is 0.588. The highest BCUT2D eigenvalue weighted by Crippen LogP contribution is 2.21. The summed E-state index contributed by atoms with van der Waals surface area (Å²) in [6.45, 7) is 3.11. The first-order valence-corrected chi connectivity index (χ1v) is 7.88. The summed E-state index contributed by atoms with van der Waals surface area (Å²) in [5.41, 5.74) is 8.12. The Bertz CT molecular complexity index is 512. The molecule has 0 atom stereocenters. The zero-order chi connectivity index (χ0) is 17.8. The summed E-state index contributed by atoms with van der Waals surface area (Å²) in [5, 5.41) is 9.23. The van der Waals surface area contributed by atoms with Crippen LogP contribution in [0.1, 0.15) is 21.5 Å². The Hall–Kier alpha value is -1.38. The van der Waals surface area contributed by atoms with E-state index in [-0.39, 0.29) is 23.7 Å². The van der Waals surface area contributed by atoms with Crippen LogP contribution in [0.4, 0.5) is 5.69 Å². The Balaban J connectivity index is 0.00000576. The fourth-order valence-electron chi connectivity index (χ4n) is 2.21. The third-order valence-electron chi connectivity index (χ3n) is 3.50. The summed E-state index contributed by atoms with van der Waals surface area (Å²) in [4.78, 5) is 11.3. The summed E-state index contributed by atoms with van der Waals surface area (Å²) < 4.78 is 20.8. The van der Waals surface area contributed by atoms with Gasteiger partial charge >= 0.3 is 5.97 Å². The average Bonchev–Trinajstić information content (AvgIpc) is 2.55. The number of benzene rings is 1. The van der Waals surface area contributed by atoms with Crippen LogP contribution in [0.5, 0.6) is 0 Å². The van der Waals surface area contributed by atoms with Crippen molar-refractivity contribution in [3.05, 3.63) is 28.8 Å². The predicted molar refractivity (Wildman–Crippen MR) is 97.9 cm³/mol. The lowest BCUT2D eigenvalue weighted by Gasteiger charge is -2.13. The maximum absolute atomic E-state index is 11.3. The second kappa shape index (κ2) is 13.9. The van der Waals surface area contributed by atoms with Crippen molar-refractivity contribution in [3.8, 4) is 0 Å². The van der Waals surface area contributed by atoms with E-state index in [2.05, 4.69) is 0 Å². The molecule has 0 amide bonds. The number of nitrogens with two attached hydrogens (primary N) is 1. The van der Waals surface area contributed by atoms with Crippen LogP contribution in [-0.4, -0.2) is 64.9 Å². The monoisotopic (exact) mass is 377 g/mol. The van der Waals surface area contributed by atoms with Crippen LogP contribution in [0.15, 0.2) is 12.1 Å². The van der Waals surface area contributed by atoms with E-state index in [1.165, 1.54) is 0 Å². The maximum Gasteiger partial charge on any atom is 0.337 e. The van der Waals surface area contributed by atoms with Crippen molar-refractivity contribution in [1.82, 2.24) is 0 Å². The number of halogens is 1. The van der Waals surface area contributed by atoms with Crippen molar-refractivity contribution in [3.63, 3.8) is 0 Å². The minimum absolute atomic E-state index is 0. The van der Waals surface area contributed by atoms with Gasteiger partial charge in [0.05, 0.1) is 45.2 Å². The van der Waals surface area contributed by atoms with Gasteiger partial charge in [-0.2, -0.15) is 0 Å². The number of carbonyl (C=O) groups is 1. The first-order valence-electron chi connectivity index (χ1n) is 7.88. The molecule has 7 nitrogen and oxygen atoms in total. The molecule has 1 aromatic carbocycles. The molecular formula is C17H28ClNO6. The quantitative estimate of drug-likeness (QED) is 0.399. The molecule has 144 valence electrons. The minimum atomic E-state index is -1.03. The standard InChI is InChI=1S/C17H27NO6.ClH/c1-21-7-9-23-5-3-13-11-15(17(19)20)16(18)12-14(13)4-6-24-10-8-22-2;/h11-12H,3-10,18H2,1-2H3,(H,19,20);1H. The first kappa shape index (κ1) is 23.6. The Morgan fingerprint density at radius 2 is 1.40 bits per heavy atom. The van der Waals surface area contributed by atoms with E-state index in [4.69, 9.17) is 24.7 Å². The van der Waals surface area contributed by atoms with Gasteiger partial charge in [-0.1, -0.05) is 0 Å². The highest BCUT2D eigenvalue weighted by atomic mass is 35.5. The van der Waals surface area contributed by atoms with Gasteiger partial charge < -0.3 is 29.8 Å². The number of nitrogen functional groups attached to an aromatic ring is 1. The summed E-state index contributed by atoms with van der Waals surface area (Å²) in [7, 11) is 3.24. The van der Waals surface area contributed by atoms with Crippen LogP contribution >= 0.6 is 12.4 Å². The molecule has 0 aliphatic heterocycles. The number of carboxylic acid groups (broad SMARTS) is 1. The molecule has 0 unspecified atom stereocenters. The molecule has 3 N–H and O–H groups in total. The Morgan fingerprint density at radius 3 is 1.84 bits per heavy atom. The molecule has 0 bridgehead atoms. The van der Waals surface area contributed by atoms with Crippen molar-refractivity contribution in [1.29, 1.82) is 0 Å². The zero-order valence-corrected chi connectivity index (χ0v) is 15.6. The van der Waals surface area contributed by atoms with Crippen LogP contribution in [0.3, 0.4) is 0 Å². The molecule has 0 radical (unpaired) electrons. The number of aromatic carboxylic acids is 1. The Morgan fingerprint density at radius 1 is 0.920 bits per heavy atom. The third kappa shape index (κ3) is 9.04. The van der Waals surface area contributed by atoms with Crippen molar-refractivity contribution in [2.75, 3.05) is 59.6 Å². The Labute approximate surface area is 154 Å². The number of carboxylic acids is 1. The molecule has 0 fully saturated rings. The molecular weight excluding hydrogens is 350 g/mol. The van der Waals surface area contributed by atoms with E-state index < -0.39 is 5.97 Å². The van der Waals surface area contributed by atoms with Crippen LogP contribution in [-0.2, 0) is 31.8 Å². The number of methoxy groups -OCH3 is 2. The second-order valence-electron chi connectivity index (χ2n) is 5.22. The maximum atomic E-state index is 11.3. The van der Waals surface area contributed by atoms with Gasteiger partial charge in [-0.05, 0) is 36.1 Å². The molecule has 8 heteroatoms. The highest BCUT2D eigenvalue weighted by Gasteiger charge is 2.13. The van der Waals surface area contributed by atoms with Gasteiger partial charge in [-0.25, -0.2) is 4.79 Å². The van der Waals surface area contributed by atoms with E-state index in [0.717, 1.165) is 11.1 Å².